The highest BCUT2D eigenvalue weighted by atomic mass is 15.3. The minimum atomic E-state index is 0.418. The number of quaternary nitrogens is 1. The van der Waals surface area contributed by atoms with E-state index in [1.165, 1.54) is 32.4 Å². The molecule has 0 saturated heterocycles. The second kappa shape index (κ2) is 5.00. The van der Waals surface area contributed by atoms with Gasteiger partial charge in [0.05, 0.1) is 14.1 Å². The maximum absolute atomic E-state index is 2.41. The summed E-state index contributed by atoms with van der Waals surface area (Å²) in [5, 5.41) is 0. The molecule has 0 aromatic carbocycles. The highest BCUT2D eigenvalue weighted by Gasteiger charge is 2.34. The zero-order chi connectivity index (χ0) is 14.2. The third-order valence-electron chi connectivity index (χ3n) is 4.13. The highest BCUT2D eigenvalue weighted by molar-refractivity contribution is 5.21. The van der Waals surface area contributed by atoms with Gasteiger partial charge < -0.3 is 4.48 Å². The summed E-state index contributed by atoms with van der Waals surface area (Å²) in [7, 11) is 4.74. The predicted octanol–water partition coefficient (Wildman–Crippen LogP) is 4.64. The van der Waals surface area contributed by atoms with Crippen LogP contribution in [0.1, 0.15) is 60.8 Å². The molecule has 0 bridgehead atoms. The number of hydrogen-bond acceptors (Lipinski definition) is 0. The van der Waals surface area contributed by atoms with Gasteiger partial charge in [0.15, 0.2) is 0 Å². The van der Waals surface area contributed by atoms with E-state index in [9.17, 15) is 0 Å². The first-order chi connectivity index (χ1) is 7.94. The van der Waals surface area contributed by atoms with Gasteiger partial charge >= 0.3 is 0 Å². The van der Waals surface area contributed by atoms with E-state index in [0.29, 0.717) is 10.8 Å². The van der Waals surface area contributed by atoms with Crippen molar-refractivity contribution in [3.05, 3.63) is 11.1 Å². The van der Waals surface area contributed by atoms with Crippen LogP contribution in [-0.2, 0) is 0 Å². The average molecular weight is 252 g/mol. The lowest BCUT2D eigenvalue weighted by atomic mass is 9.80. The van der Waals surface area contributed by atoms with Gasteiger partial charge in [-0.05, 0) is 34.8 Å². The molecule has 1 heterocycles. The van der Waals surface area contributed by atoms with Crippen molar-refractivity contribution in [2.24, 2.45) is 10.8 Å². The second-order valence-electron chi connectivity index (χ2n) is 8.89. The number of likely N-dealkylation sites (N-methyl/N-ethyl adjacent to an activating group) is 1. The first-order valence-electron chi connectivity index (χ1n) is 7.46. The number of nitrogens with zero attached hydrogens (tertiary/aromatic N) is 1. The van der Waals surface area contributed by atoms with Crippen molar-refractivity contribution in [3.63, 3.8) is 0 Å². The Kier molecular flexibility index (Phi) is 4.37. The molecule has 0 aliphatic carbocycles. The highest BCUT2D eigenvalue weighted by Crippen LogP contribution is 2.38. The van der Waals surface area contributed by atoms with Crippen LogP contribution in [0.25, 0.3) is 0 Å². The molecule has 0 amide bonds. The molecule has 0 N–H and O–H groups in total. The molecule has 1 nitrogen and oxygen atoms in total. The Morgan fingerprint density at radius 3 is 1.72 bits per heavy atom. The summed E-state index contributed by atoms with van der Waals surface area (Å²) in [5.41, 5.74) is 4.38. The average Bonchev–Trinajstić information content (AvgIpc) is 2.37. The van der Waals surface area contributed by atoms with E-state index in [1.54, 1.807) is 11.1 Å². The van der Waals surface area contributed by atoms with Gasteiger partial charge in [-0.25, -0.2) is 0 Å². The Hall–Kier alpha value is -0.300. The summed E-state index contributed by atoms with van der Waals surface area (Å²) in [6, 6.07) is 0. The van der Waals surface area contributed by atoms with Crippen molar-refractivity contribution in [1.29, 1.82) is 0 Å². The van der Waals surface area contributed by atoms with Crippen LogP contribution < -0.4 is 0 Å². The van der Waals surface area contributed by atoms with Crippen molar-refractivity contribution in [2.75, 3.05) is 27.2 Å². The molecule has 106 valence electrons. The maximum atomic E-state index is 2.41. The number of rotatable bonds is 4. The zero-order valence-electron chi connectivity index (χ0n) is 14.0. The van der Waals surface area contributed by atoms with Crippen LogP contribution in [0, 0.1) is 10.8 Å². The van der Waals surface area contributed by atoms with E-state index in [2.05, 4.69) is 55.6 Å². The van der Waals surface area contributed by atoms with Gasteiger partial charge in [-0.15, -0.1) is 0 Å². The van der Waals surface area contributed by atoms with Crippen LogP contribution >= 0.6 is 0 Å². The fraction of sp³-hybridized carbons (Fsp3) is 0.882. The zero-order valence-corrected chi connectivity index (χ0v) is 14.0. The Morgan fingerprint density at radius 2 is 1.33 bits per heavy atom. The van der Waals surface area contributed by atoms with Crippen molar-refractivity contribution in [1.82, 2.24) is 0 Å². The van der Waals surface area contributed by atoms with Gasteiger partial charge in [0.2, 0.25) is 0 Å². The van der Waals surface area contributed by atoms with Gasteiger partial charge in [-0.1, -0.05) is 48.0 Å². The van der Waals surface area contributed by atoms with Crippen LogP contribution in [0.5, 0.6) is 0 Å². The fourth-order valence-electron chi connectivity index (χ4n) is 3.02. The molecule has 0 spiro atoms. The third kappa shape index (κ3) is 4.76. The second-order valence-corrected chi connectivity index (χ2v) is 8.89. The summed E-state index contributed by atoms with van der Waals surface area (Å²) in [5.74, 6) is 0. The lowest BCUT2D eigenvalue weighted by Gasteiger charge is -2.26. The van der Waals surface area contributed by atoms with Crippen LogP contribution in [0.4, 0.5) is 0 Å². The molecule has 0 saturated carbocycles. The molecular weight excluding hydrogens is 218 g/mol. The summed E-state index contributed by atoms with van der Waals surface area (Å²) in [4.78, 5) is 0. The first-order valence-corrected chi connectivity index (χ1v) is 7.46. The van der Waals surface area contributed by atoms with Crippen molar-refractivity contribution < 1.29 is 4.48 Å². The molecule has 1 rings (SSSR count). The van der Waals surface area contributed by atoms with E-state index in [0.717, 1.165) is 4.48 Å². The van der Waals surface area contributed by atoms with Crippen LogP contribution in [0.2, 0.25) is 0 Å². The smallest absolute Gasteiger partial charge is 0.101 e. The normalized spacial score (nSPS) is 20.7. The SMILES string of the molecule is CCC(C)(C)CC1=C(CC(C)(C)C)C[N+](C)(C)C1. The third-order valence-corrected chi connectivity index (χ3v) is 4.13. The minimum absolute atomic E-state index is 0.418. The molecule has 0 atom stereocenters. The summed E-state index contributed by atoms with van der Waals surface area (Å²) in [6.45, 7) is 16.7. The van der Waals surface area contributed by atoms with Gasteiger partial charge in [-0.3, -0.25) is 0 Å². The predicted molar refractivity (Wildman–Crippen MR) is 81.6 cm³/mol. The molecular formula is C17H34N+. The van der Waals surface area contributed by atoms with Crippen LogP contribution in [0.15, 0.2) is 11.1 Å². The lowest BCUT2D eigenvalue weighted by Crippen LogP contribution is -2.37. The van der Waals surface area contributed by atoms with Crippen molar-refractivity contribution in [3.8, 4) is 0 Å². The summed E-state index contributed by atoms with van der Waals surface area (Å²) in [6.07, 6.45) is 3.83. The maximum Gasteiger partial charge on any atom is 0.101 e. The standard InChI is InChI=1S/C17H34N/c1-9-17(5,6)11-15-13-18(7,8)12-14(15)10-16(2,3)4/h9-13H2,1-8H3/q+1. The largest absolute Gasteiger partial charge is 0.322 e. The van der Waals surface area contributed by atoms with E-state index in [1.807, 2.05) is 0 Å². The molecule has 1 aliphatic rings. The van der Waals surface area contributed by atoms with Crippen molar-refractivity contribution >= 4 is 0 Å². The lowest BCUT2D eigenvalue weighted by molar-refractivity contribution is -0.875. The monoisotopic (exact) mass is 252 g/mol. The number of hydrogen-bond donors (Lipinski definition) is 0. The Balaban J connectivity index is 2.90. The van der Waals surface area contributed by atoms with E-state index < -0.39 is 0 Å². The minimum Gasteiger partial charge on any atom is -0.322 e. The Morgan fingerprint density at radius 1 is 0.889 bits per heavy atom. The molecule has 18 heavy (non-hydrogen) atoms. The van der Waals surface area contributed by atoms with Gasteiger partial charge in [0.1, 0.15) is 13.1 Å². The molecule has 0 radical (unpaired) electrons. The molecule has 1 heteroatoms. The van der Waals surface area contributed by atoms with E-state index in [4.69, 9.17) is 0 Å². The molecule has 0 aromatic rings. The Bertz CT molecular complexity index is 326. The molecule has 0 aromatic heterocycles. The quantitative estimate of drug-likeness (QED) is 0.505. The summed E-state index contributed by atoms with van der Waals surface area (Å²) >= 11 is 0. The van der Waals surface area contributed by atoms with Gasteiger partial charge in [0, 0.05) is 0 Å². The first kappa shape index (κ1) is 15.8. The van der Waals surface area contributed by atoms with Crippen molar-refractivity contribution in [2.45, 2.75) is 60.8 Å². The van der Waals surface area contributed by atoms with E-state index >= 15 is 0 Å². The Labute approximate surface area is 115 Å². The van der Waals surface area contributed by atoms with Crippen LogP contribution in [0.3, 0.4) is 0 Å². The van der Waals surface area contributed by atoms with Gasteiger partial charge in [0.25, 0.3) is 0 Å². The van der Waals surface area contributed by atoms with Gasteiger partial charge in [-0.2, -0.15) is 0 Å². The van der Waals surface area contributed by atoms with E-state index in [-0.39, 0.29) is 0 Å². The fourth-order valence-corrected chi connectivity index (χ4v) is 3.02. The molecule has 1 aliphatic heterocycles. The topological polar surface area (TPSA) is 0 Å². The summed E-state index contributed by atoms with van der Waals surface area (Å²) < 4.78 is 1.15. The molecule has 0 unspecified atom stereocenters. The molecule has 0 fully saturated rings. The van der Waals surface area contributed by atoms with Crippen LogP contribution in [-0.4, -0.2) is 31.7 Å².